The van der Waals surface area contributed by atoms with Gasteiger partial charge in [-0.3, -0.25) is 9.48 Å². The number of carbonyl (C=O) groups is 1. The topological polar surface area (TPSA) is 104 Å². The van der Waals surface area contributed by atoms with Gasteiger partial charge in [-0.1, -0.05) is 30.3 Å². The molecule has 0 bridgehead atoms. The number of carbonyl (C=O) groups excluding carboxylic acids is 1. The third-order valence-corrected chi connectivity index (χ3v) is 6.00. The fourth-order valence-corrected chi connectivity index (χ4v) is 4.45. The SMILES string of the molecule is COCc1nc(OC)c2c(C)c(C(=O)NC(Cn3cncn3)c3ccccc3)sc2n1. The molecule has 31 heavy (non-hydrogen) atoms. The number of methoxy groups -OCH3 is 2. The van der Waals surface area contributed by atoms with Crippen LogP contribution in [0.4, 0.5) is 0 Å². The number of aryl methyl sites for hydroxylation is 1. The Morgan fingerprint density at radius 3 is 2.71 bits per heavy atom. The van der Waals surface area contributed by atoms with Crippen LogP contribution >= 0.6 is 11.3 Å². The van der Waals surface area contributed by atoms with Gasteiger partial charge >= 0.3 is 0 Å². The molecule has 1 unspecified atom stereocenters. The predicted molar refractivity (Wildman–Crippen MR) is 116 cm³/mol. The van der Waals surface area contributed by atoms with Gasteiger partial charge in [-0.15, -0.1) is 11.3 Å². The number of amides is 1. The molecular weight excluding hydrogens is 416 g/mol. The molecule has 160 valence electrons. The second kappa shape index (κ2) is 9.19. The molecule has 1 amide bonds. The summed E-state index contributed by atoms with van der Waals surface area (Å²) in [6, 6.07) is 9.50. The van der Waals surface area contributed by atoms with Crippen molar-refractivity contribution < 1.29 is 14.3 Å². The molecule has 0 aliphatic rings. The van der Waals surface area contributed by atoms with Gasteiger partial charge in [-0.05, 0) is 18.1 Å². The van der Waals surface area contributed by atoms with Crippen molar-refractivity contribution in [3.63, 3.8) is 0 Å². The van der Waals surface area contributed by atoms with Crippen LogP contribution in [0.25, 0.3) is 10.2 Å². The fraction of sp³-hybridized carbons (Fsp3) is 0.286. The van der Waals surface area contributed by atoms with Gasteiger partial charge in [0.15, 0.2) is 5.82 Å². The highest BCUT2D eigenvalue weighted by Crippen LogP contribution is 2.35. The molecule has 0 spiro atoms. The number of fused-ring (bicyclic) bond motifs is 1. The minimum Gasteiger partial charge on any atom is -0.480 e. The Labute approximate surface area is 183 Å². The first-order chi connectivity index (χ1) is 15.1. The molecule has 0 saturated carbocycles. The molecule has 4 aromatic rings. The number of aromatic nitrogens is 5. The van der Waals surface area contributed by atoms with E-state index < -0.39 is 0 Å². The van der Waals surface area contributed by atoms with Crippen LogP contribution in [0.1, 0.15) is 32.7 Å². The van der Waals surface area contributed by atoms with Crippen LogP contribution in [0.15, 0.2) is 43.0 Å². The number of hydrogen-bond acceptors (Lipinski definition) is 8. The van der Waals surface area contributed by atoms with E-state index in [-0.39, 0.29) is 18.6 Å². The van der Waals surface area contributed by atoms with Crippen LogP contribution in [0.5, 0.6) is 5.88 Å². The monoisotopic (exact) mass is 438 g/mol. The lowest BCUT2D eigenvalue weighted by Gasteiger charge is -2.19. The summed E-state index contributed by atoms with van der Waals surface area (Å²) in [4.78, 5) is 27.5. The lowest BCUT2D eigenvalue weighted by atomic mass is 10.1. The highest BCUT2D eigenvalue weighted by Gasteiger charge is 2.24. The van der Waals surface area contributed by atoms with E-state index in [9.17, 15) is 4.79 Å². The van der Waals surface area contributed by atoms with E-state index in [1.807, 2.05) is 37.3 Å². The smallest absolute Gasteiger partial charge is 0.262 e. The molecule has 0 aliphatic carbocycles. The molecule has 1 aromatic carbocycles. The summed E-state index contributed by atoms with van der Waals surface area (Å²) >= 11 is 1.31. The van der Waals surface area contributed by atoms with E-state index in [1.165, 1.54) is 17.7 Å². The van der Waals surface area contributed by atoms with Crippen molar-refractivity contribution in [1.29, 1.82) is 0 Å². The molecule has 0 fully saturated rings. The largest absolute Gasteiger partial charge is 0.480 e. The standard InChI is InChI=1S/C21H22N6O3S/c1-13-17-20(30-3)25-16(10-29-2)26-21(17)31-18(13)19(28)24-15(9-27-12-22-11-23-27)14-7-5-4-6-8-14/h4-8,11-12,15H,9-10H2,1-3H3,(H,24,28). The zero-order chi connectivity index (χ0) is 21.8. The molecule has 3 aromatic heterocycles. The Hall–Kier alpha value is -3.37. The van der Waals surface area contributed by atoms with Crippen molar-refractivity contribution in [3.8, 4) is 5.88 Å². The summed E-state index contributed by atoms with van der Waals surface area (Å²) in [6.45, 7) is 2.60. The van der Waals surface area contributed by atoms with Gasteiger partial charge < -0.3 is 14.8 Å². The Morgan fingerprint density at radius 2 is 2.03 bits per heavy atom. The van der Waals surface area contributed by atoms with Crippen molar-refractivity contribution in [2.24, 2.45) is 0 Å². The Balaban J connectivity index is 1.68. The number of nitrogens with zero attached hydrogens (tertiary/aromatic N) is 5. The molecule has 1 atom stereocenters. The second-order valence-electron chi connectivity index (χ2n) is 6.87. The predicted octanol–water partition coefficient (Wildman–Crippen LogP) is 2.92. The van der Waals surface area contributed by atoms with Gasteiger partial charge in [0.2, 0.25) is 5.88 Å². The number of benzene rings is 1. The Kier molecular flexibility index (Phi) is 6.19. The number of ether oxygens (including phenoxy) is 2. The van der Waals surface area contributed by atoms with E-state index in [0.717, 1.165) is 16.5 Å². The van der Waals surface area contributed by atoms with E-state index in [1.54, 1.807) is 25.2 Å². The number of rotatable bonds is 8. The van der Waals surface area contributed by atoms with E-state index in [2.05, 4.69) is 25.4 Å². The zero-order valence-corrected chi connectivity index (χ0v) is 18.2. The minimum atomic E-state index is -0.281. The fourth-order valence-electron chi connectivity index (χ4n) is 3.36. The lowest BCUT2D eigenvalue weighted by Crippen LogP contribution is -2.31. The molecular formula is C21H22N6O3S. The van der Waals surface area contributed by atoms with Crippen molar-refractivity contribution in [3.05, 3.63) is 64.8 Å². The number of nitrogens with one attached hydrogen (secondary N) is 1. The maximum atomic E-state index is 13.3. The van der Waals surface area contributed by atoms with Crippen LogP contribution in [0.3, 0.4) is 0 Å². The highest BCUT2D eigenvalue weighted by atomic mass is 32.1. The lowest BCUT2D eigenvalue weighted by molar-refractivity contribution is 0.0935. The summed E-state index contributed by atoms with van der Waals surface area (Å²) in [6.07, 6.45) is 3.10. The van der Waals surface area contributed by atoms with Crippen molar-refractivity contribution in [1.82, 2.24) is 30.0 Å². The molecule has 0 radical (unpaired) electrons. The molecule has 0 aliphatic heterocycles. The van der Waals surface area contributed by atoms with E-state index in [0.29, 0.717) is 28.0 Å². The molecule has 9 nitrogen and oxygen atoms in total. The average molecular weight is 439 g/mol. The van der Waals surface area contributed by atoms with Crippen molar-refractivity contribution in [2.45, 2.75) is 26.1 Å². The van der Waals surface area contributed by atoms with Gasteiger partial charge in [0.25, 0.3) is 5.91 Å². The van der Waals surface area contributed by atoms with Crippen LogP contribution in [-0.2, 0) is 17.9 Å². The third-order valence-electron chi connectivity index (χ3n) is 4.82. The first-order valence-corrected chi connectivity index (χ1v) is 10.4. The maximum absolute atomic E-state index is 13.3. The van der Waals surface area contributed by atoms with Crippen LogP contribution < -0.4 is 10.1 Å². The molecule has 4 rings (SSSR count). The summed E-state index contributed by atoms with van der Waals surface area (Å²) in [5.41, 5.74) is 1.76. The summed E-state index contributed by atoms with van der Waals surface area (Å²) in [5.74, 6) is 0.755. The number of hydrogen-bond donors (Lipinski definition) is 1. The molecule has 0 saturated heterocycles. The highest BCUT2D eigenvalue weighted by molar-refractivity contribution is 7.20. The summed E-state index contributed by atoms with van der Waals surface area (Å²) in [7, 11) is 3.14. The van der Waals surface area contributed by atoms with Crippen LogP contribution in [0, 0.1) is 6.92 Å². The Bertz CT molecular complexity index is 1180. The van der Waals surface area contributed by atoms with E-state index in [4.69, 9.17) is 9.47 Å². The van der Waals surface area contributed by atoms with Gasteiger partial charge in [-0.2, -0.15) is 10.1 Å². The Morgan fingerprint density at radius 1 is 1.23 bits per heavy atom. The quantitative estimate of drug-likeness (QED) is 0.451. The average Bonchev–Trinajstić information content (AvgIpc) is 3.41. The van der Waals surface area contributed by atoms with Crippen LogP contribution in [-0.4, -0.2) is 44.9 Å². The summed E-state index contributed by atoms with van der Waals surface area (Å²) in [5, 5.41) is 8.05. The molecule has 3 heterocycles. The van der Waals surface area contributed by atoms with E-state index >= 15 is 0 Å². The van der Waals surface area contributed by atoms with Crippen molar-refractivity contribution in [2.75, 3.05) is 14.2 Å². The zero-order valence-electron chi connectivity index (χ0n) is 17.4. The van der Waals surface area contributed by atoms with Crippen LogP contribution in [0.2, 0.25) is 0 Å². The van der Waals surface area contributed by atoms with Gasteiger partial charge in [0.1, 0.15) is 24.1 Å². The van der Waals surface area contributed by atoms with Crippen molar-refractivity contribution >= 4 is 27.5 Å². The van der Waals surface area contributed by atoms with Gasteiger partial charge in [-0.25, -0.2) is 9.97 Å². The van der Waals surface area contributed by atoms with Gasteiger partial charge in [0, 0.05) is 7.11 Å². The van der Waals surface area contributed by atoms with Gasteiger partial charge in [0.05, 0.1) is 30.0 Å². The minimum absolute atomic E-state index is 0.190. The molecule has 1 N–H and O–H groups in total. The molecule has 10 heteroatoms. The number of thiophene rings is 1. The normalized spacial score (nSPS) is 12.1. The first kappa shape index (κ1) is 20.9. The first-order valence-electron chi connectivity index (χ1n) is 9.61. The second-order valence-corrected chi connectivity index (χ2v) is 7.87. The summed E-state index contributed by atoms with van der Waals surface area (Å²) < 4.78 is 12.3. The third kappa shape index (κ3) is 4.39. The maximum Gasteiger partial charge on any atom is 0.262 e.